The van der Waals surface area contributed by atoms with Crippen LogP contribution in [0.5, 0.6) is 0 Å². The Morgan fingerprint density at radius 1 is 1.50 bits per heavy atom. The summed E-state index contributed by atoms with van der Waals surface area (Å²) < 4.78 is 15.4. The van der Waals surface area contributed by atoms with Crippen LogP contribution in [0.25, 0.3) is 0 Å². The van der Waals surface area contributed by atoms with E-state index in [9.17, 15) is 0 Å². The SMILES string of the molecule is COCC(CNCc1ccc(C#N)o1)OC. The van der Waals surface area contributed by atoms with Crippen LogP contribution in [0.2, 0.25) is 0 Å². The van der Waals surface area contributed by atoms with Gasteiger partial charge in [-0.25, -0.2) is 0 Å². The van der Waals surface area contributed by atoms with E-state index in [-0.39, 0.29) is 6.10 Å². The molecule has 0 radical (unpaired) electrons. The summed E-state index contributed by atoms with van der Waals surface area (Å²) in [6, 6.07) is 5.37. The lowest BCUT2D eigenvalue weighted by Gasteiger charge is -2.14. The highest BCUT2D eigenvalue weighted by atomic mass is 16.5. The Balaban J connectivity index is 2.27. The topological polar surface area (TPSA) is 67.4 Å². The number of hydrogen-bond acceptors (Lipinski definition) is 5. The Bertz CT molecular complexity index is 343. The molecule has 5 heteroatoms. The molecule has 1 atom stereocenters. The van der Waals surface area contributed by atoms with Gasteiger partial charge in [-0.1, -0.05) is 0 Å². The van der Waals surface area contributed by atoms with Gasteiger partial charge < -0.3 is 19.2 Å². The Labute approximate surface area is 94.9 Å². The van der Waals surface area contributed by atoms with Gasteiger partial charge in [0.1, 0.15) is 11.8 Å². The minimum atomic E-state index is 0.0235. The lowest BCUT2D eigenvalue weighted by atomic mass is 10.3. The molecule has 0 saturated heterocycles. The molecule has 1 aromatic heterocycles. The van der Waals surface area contributed by atoms with Crippen LogP contribution in [0.15, 0.2) is 16.5 Å². The second-order valence-corrected chi connectivity index (χ2v) is 3.32. The monoisotopic (exact) mass is 224 g/mol. The van der Waals surface area contributed by atoms with Gasteiger partial charge in [0.05, 0.1) is 19.3 Å². The number of rotatable bonds is 7. The molecule has 1 heterocycles. The minimum Gasteiger partial charge on any atom is -0.449 e. The molecule has 5 nitrogen and oxygen atoms in total. The van der Waals surface area contributed by atoms with Gasteiger partial charge in [0.15, 0.2) is 0 Å². The number of methoxy groups -OCH3 is 2. The van der Waals surface area contributed by atoms with Gasteiger partial charge in [-0.05, 0) is 12.1 Å². The second kappa shape index (κ2) is 7.01. The molecule has 0 amide bonds. The van der Waals surface area contributed by atoms with E-state index in [0.717, 1.165) is 5.76 Å². The summed E-state index contributed by atoms with van der Waals surface area (Å²) in [6.07, 6.45) is 0.0235. The molecular weight excluding hydrogens is 208 g/mol. The van der Waals surface area contributed by atoms with E-state index < -0.39 is 0 Å². The lowest BCUT2D eigenvalue weighted by Crippen LogP contribution is -2.31. The van der Waals surface area contributed by atoms with Crippen molar-refractivity contribution in [2.75, 3.05) is 27.4 Å². The highest BCUT2D eigenvalue weighted by molar-refractivity contribution is 5.18. The van der Waals surface area contributed by atoms with Crippen molar-refractivity contribution in [1.82, 2.24) is 5.32 Å². The summed E-state index contributed by atoms with van der Waals surface area (Å²) in [6.45, 7) is 1.79. The Hall–Kier alpha value is -1.35. The van der Waals surface area contributed by atoms with Gasteiger partial charge in [-0.2, -0.15) is 5.26 Å². The zero-order valence-corrected chi connectivity index (χ0v) is 9.53. The van der Waals surface area contributed by atoms with Crippen LogP contribution >= 0.6 is 0 Å². The van der Waals surface area contributed by atoms with Gasteiger partial charge in [0.2, 0.25) is 5.76 Å². The van der Waals surface area contributed by atoms with Crippen LogP contribution in [-0.4, -0.2) is 33.5 Å². The van der Waals surface area contributed by atoms with Crippen LogP contribution < -0.4 is 5.32 Å². The molecule has 0 saturated carbocycles. The summed E-state index contributed by atoms with van der Waals surface area (Å²) in [5.74, 6) is 1.07. The maximum atomic E-state index is 8.57. The summed E-state index contributed by atoms with van der Waals surface area (Å²) in [7, 11) is 3.28. The highest BCUT2D eigenvalue weighted by Crippen LogP contribution is 2.05. The van der Waals surface area contributed by atoms with Crippen LogP contribution in [0.4, 0.5) is 0 Å². The van der Waals surface area contributed by atoms with Gasteiger partial charge >= 0.3 is 0 Å². The number of furan rings is 1. The minimum absolute atomic E-state index is 0.0235. The molecule has 1 unspecified atom stereocenters. The first-order valence-electron chi connectivity index (χ1n) is 5.01. The molecule has 88 valence electrons. The van der Waals surface area contributed by atoms with E-state index in [1.165, 1.54) is 0 Å². The third-order valence-corrected chi connectivity index (χ3v) is 2.13. The van der Waals surface area contributed by atoms with Gasteiger partial charge in [-0.3, -0.25) is 0 Å². The number of nitriles is 1. The van der Waals surface area contributed by atoms with E-state index in [2.05, 4.69) is 5.32 Å². The smallest absolute Gasteiger partial charge is 0.203 e. The van der Waals surface area contributed by atoms with E-state index >= 15 is 0 Å². The van der Waals surface area contributed by atoms with Crippen molar-refractivity contribution >= 4 is 0 Å². The van der Waals surface area contributed by atoms with E-state index in [4.69, 9.17) is 19.2 Å². The molecule has 0 fully saturated rings. The number of hydrogen-bond donors (Lipinski definition) is 1. The van der Waals surface area contributed by atoms with Crippen LogP contribution in [0, 0.1) is 11.3 Å². The van der Waals surface area contributed by atoms with E-state index in [1.54, 1.807) is 26.4 Å². The zero-order valence-electron chi connectivity index (χ0n) is 9.53. The number of nitrogens with one attached hydrogen (secondary N) is 1. The van der Waals surface area contributed by atoms with Gasteiger partial charge in [-0.15, -0.1) is 0 Å². The van der Waals surface area contributed by atoms with Gasteiger partial charge in [0.25, 0.3) is 0 Å². The molecule has 0 aliphatic heterocycles. The molecule has 1 N–H and O–H groups in total. The average molecular weight is 224 g/mol. The summed E-state index contributed by atoms with van der Waals surface area (Å²) in [4.78, 5) is 0. The van der Waals surface area contributed by atoms with Crippen molar-refractivity contribution in [3.63, 3.8) is 0 Å². The molecule has 0 aliphatic carbocycles. The van der Waals surface area contributed by atoms with Crippen molar-refractivity contribution in [2.45, 2.75) is 12.6 Å². The molecule has 0 spiro atoms. The first-order chi connectivity index (χ1) is 7.80. The third-order valence-electron chi connectivity index (χ3n) is 2.13. The van der Waals surface area contributed by atoms with E-state index in [1.807, 2.05) is 6.07 Å². The fraction of sp³-hybridized carbons (Fsp3) is 0.545. The third kappa shape index (κ3) is 4.03. The van der Waals surface area contributed by atoms with Crippen molar-refractivity contribution in [3.05, 3.63) is 23.7 Å². The number of nitrogens with zero attached hydrogens (tertiary/aromatic N) is 1. The Morgan fingerprint density at radius 2 is 2.31 bits per heavy atom. The summed E-state index contributed by atoms with van der Waals surface area (Å²) in [5.41, 5.74) is 0. The summed E-state index contributed by atoms with van der Waals surface area (Å²) in [5, 5.41) is 11.7. The maximum Gasteiger partial charge on any atom is 0.203 e. The molecule has 0 aliphatic rings. The maximum absolute atomic E-state index is 8.57. The zero-order chi connectivity index (χ0) is 11.8. The molecule has 0 bridgehead atoms. The van der Waals surface area contributed by atoms with Crippen LogP contribution in [0.1, 0.15) is 11.5 Å². The largest absolute Gasteiger partial charge is 0.449 e. The fourth-order valence-corrected chi connectivity index (χ4v) is 1.29. The van der Waals surface area contributed by atoms with Crippen molar-refractivity contribution < 1.29 is 13.9 Å². The quantitative estimate of drug-likeness (QED) is 0.745. The van der Waals surface area contributed by atoms with E-state index in [0.29, 0.717) is 25.5 Å². The molecule has 1 aromatic rings. The van der Waals surface area contributed by atoms with Crippen LogP contribution in [0.3, 0.4) is 0 Å². The predicted molar refractivity (Wildman–Crippen MR) is 57.8 cm³/mol. The molecular formula is C11H16N2O3. The predicted octanol–water partition coefficient (Wildman–Crippen LogP) is 0.902. The van der Waals surface area contributed by atoms with Crippen molar-refractivity contribution in [1.29, 1.82) is 5.26 Å². The Morgan fingerprint density at radius 3 is 2.88 bits per heavy atom. The number of ether oxygens (including phenoxy) is 2. The lowest BCUT2D eigenvalue weighted by molar-refractivity contribution is 0.0285. The highest BCUT2D eigenvalue weighted by Gasteiger charge is 2.06. The normalized spacial score (nSPS) is 12.3. The standard InChI is InChI=1S/C11H16N2O3/c1-14-8-11(15-2)7-13-6-10-4-3-9(5-12)16-10/h3-4,11,13H,6-8H2,1-2H3. The first-order valence-corrected chi connectivity index (χ1v) is 5.01. The fourth-order valence-electron chi connectivity index (χ4n) is 1.29. The average Bonchev–Trinajstić information content (AvgIpc) is 2.76. The van der Waals surface area contributed by atoms with Crippen molar-refractivity contribution in [2.24, 2.45) is 0 Å². The molecule has 0 aromatic carbocycles. The second-order valence-electron chi connectivity index (χ2n) is 3.32. The van der Waals surface area contributed by atoms with Crippen LogP contribution in [-0.2, 0) is 16.0 Å². The Kier molecular flexibility index (Phi) is 5.57. The molecule has 16 heavy (non-hydrogen) atoms. The van der Waals surface area contributed by atoms with Crippen molar-refractivity contribution in [3.8, 4) is 6.07 Å². The molecule has 1 rings (SSSR count). The first kappa shape index (κ1) is 12.7. The summed E-state index contributed by atoms with van der Waals surface area (Å²) >= 11 is 0. The van der Waals surface area contributed by atoms with Gasteiger partial charge in [0, 0.05) is 20.8 Å².